The highest BCUT2D eigenvalue weighted by Gasteiger charge is 2.14. The van der Waals surface area contributed by atoms with Crippen LogP contribution in [0, 0.1) is 0 Å². The summed E-state index contributed by atoms with van der Waals surface area (Å²) >= 11 is 0. The van der Waals surface area contributed by atoms with Crippen molar-refractivity contribution in [3.8, 4) is 11.1 Å². The molecule has 0 aliphatic heterocycles. The molecule has 34 heavy (non-hydrogen) atoms. The summed E-state index contributed by atoms with van der Waals surface area (Å²) in [5.41, 5.74) is 12.8. The van der Waals surface area contributed by atoms with Gasteiger partial charge in [-0.15, -0.1) is 0 Å². The fraction of sp³-hybridized carbons (Fsp3) is 0.250. The molecule has 176 valence electrons. The van der Waals surface area contributed by atoms with Gasteiger partial charge in [-0.3, -0.25) is 4.79 Å². The highest BCUT2D eigenvalue weighted by atomic mass is 16.6. The quantitative estimate of drug-likeness (QED) is 0.314. The van der Waals surface area contributed by atoms with E-state index in [0.717, 1.165) is 44.5 Å². The number of ether oxygens (including phenoxy) is 2. The van der Waals surface area contributed by atoms with Gasteiger partial charge in [-0.1, -0.05) is 36.4 Å². The maximum atomic E-state index is 12.4. The molecule has 6 heteroatoms. The molecular weight excluding hydrogens is 428 g/mol. The number of esters is 1. The number of carbonyl (C=O) groups excluding carboxylic acids is 1. The van der Waals surface area contributed by atoms with Crippen molar-refractivity contribution in [1.29, 1.82) is 0 Å². The van der Waals surface area contributed by atoms with E-state index in [4.69, 9.17) is 19.6 Å². The molecule has 4 rings (SSSR count). The minimum absolute atomic E-state index is 0.190. The summed E-state index contributed by atoms with van der Waals surface area (Å²) in [5.74, 6) is -0.277. The van der Waals surface area contributed by atoms with E-state index >= 15 is 0 Å². The molecule has 4 aromatic rings. The van der Waals surface area contributed by atoms with Gasteiger partial charge in [0, 0.05) is 36.8 Å². The van der Waals surface area contributed by atoms with Crippen LogP contribution >= 0.6 is 0 Å². The van der Waals surface area contributed by atoms with Crippen molar-refractivity contribution in [2.45, 2.75) is 32.5 Å². The van der Waals surface area contributed by atoms with Crippen molar-refractivity contribution >= 4 is 22.6 Å². The molecule has 0 radical (unpaired) electrons. The Balaban J connectivity index is 1.54. The van der Waals surface area contributed by atoms with Crippen LogP contribution in [0.2, 0.25) is 0 Å². The second-order valence-electron chi connectivity index (χ2n) is 8.33. The molecule has 0 saturated heterocycles. The lowest BCUT2D eigenvalue weighted by atomic mass is 9.98. The van der Waals surface area contributed by atoms with Crippen LogP contribution in [0.15, 0.2) is 77.4 Å². The van der Waals surface area contributed by atoms with Gasteiger partial charge < -0.3 is 24.9 Å². The maximum absolute atomic E-state index is 12.4. The summed E-state index contributed by atoms with van der Waals surface area (Å²) in [6, 6.07) is 22.2. The van der Waals surface area contributed by atoms with Crippen molar-refractivity contribution in [2.24, 2.45) is 5.73 Å². The Kier molecular flexibility index (Phi) is 7.62. The third kappa shape index (κ3) is 5.65. The predicted molar refractivity (Wildman–Crippen MR) is 134 cm³/mol. The number of carbonyl (C=O) groups is 1. The predicted octanol–water partition coefficient (Wildman–Crippen LogP) is 5.29. The SMILES string of the molecule is COCC(C)OC(=O)Cc1ccccc1NCc1cc(-c2cccc(CN)c2)c2occc2c1. The van der Waals surface area contributed by atoms with Crippen LogP contribution in [0.25, 0.3) is 22.1 Å². The van der Waals surface area contributed by atoms with Gasteiger partial charge in [0.05, 0.1) is 19.3 Å². The number of nitrogens with two attached hydrogens (primary N) is 1. The molecule has 0 aliphatic rings. The topological polar surface area (TPSA) is 86.7 Å². The first-order chi connectivity index (χ1) is 16.6. The third-order valence-corrected chi connectivity index (χ3v) is 5.65. The second-order valence-corrected chi connectivity index (χ2v) is 8.33. The largest absolute Gasteiger partial charge is 0.464 e. The Morgan fingerprint density at radius 3 is 2.74 bits per heavy atom. The average molecular weight is 459 g/mol. The first-order valence-electron chi connectivity index (χ1n) is 11.4. The van der Waals surface area contributed by atoms with Gasteiger partial charge in [0.2, 0.25) is 0 Å². The summed E-state index contributed by atoms with van der Waals surface area (Å²) < 4.78 is 16.3. The van der Waals surface area contributed by atoms with Crippen molar-refractivity contribution in [3.05, 3.63) is 89.7 Å². The van der Waals surface area contributed by atoms with E-state index in [2.05, 4.69) is 29.6 Å². The van der Waals surface area contributed by atoms with E-state index in [-0.39, 0.29) is 18.5 Å². The van der Waals surface area contributed by atoms with Gasteiger partial charge in [-0.25, -0.2) is 0 Å². The van der Waals surface area contributed by atoms with Gasteiger partial charge in [-0.05, 0) is 59.5 Å². The number of furan rings is 1. The second kappa shape index (κ2) is 11.0. The van der Waals surface area contributed by atoms with Crippen LogP contribution in [-0.2, 0) is 33.8 Å². The van der Waals surface area contributed by atoms with Crippen LogP contribution in [0.3, 0.4) is 0 Å². The fourth-order valence-corrected chi connectivity index (χ4v) is 4.06. The summed E-state index contributed by atoms with van der Waals surface area (Å²) in [4.78, 5) is 12.4. The number of anilines is 1. The van der Waals surface area contributed by atoms with Gasteiger partial charge in [-0.2, -0.15) is 0 Å². The lowest BCUT2D eigenvalue weighted by Crippen LogP contribution is -2.21. The summed E-state index contributed by atoms with van der Waals surface area (Å²) in [6.07, 6.45) is 1.62. The van der Waals surface area contributed by atoms with Crippen LogP contribution in [0.5, 0.6) is 0 Å². The number of rotatable bonds is 10. The molecule has 0 bridgehead atoms. The third-order valence-electron chi connectivity index (χ3n) is 5.65. The molecule has 6 nitrogen and oxygen atoms in total. The Morgan fingerprint density at radius 1 is 1.06 bits per heavy atom. The zero-order chi connectivity index (χ0) is 23.9. The van der Waals surface area contributed by atoms with Crippen molar-refractivity contribution in [3.63, 3.8) is 0 Å². The lowest BCUT2D eigenvalue weighted by molar-refractivity contribution is -0.149. The first kappa shape index (κ1) is 23.5. The maximum Gasteiger partial charge on any atom is 0.310 e. The summed E-state index contributed by atoms with van der Waals surface area (Å²) in [6.45, 7) is 3.27. The van der Waals surface area contributed by atoms with Gasteiger partial charge in [0.15, 0.2) is 0 Å². The van der Waals surface area contributed by atoms with E-state index in [1.54, 1.807) is 13.4 Å². The number of nitrogens with one attached hydrogen (secondary N) is 1. The number of hydrogen-bond donors (Lipinski definition) is 2. The van der Waals surface area contributed by atoms with E-state index in [1.807, 2.05) is 49.4 Å². The first-order valence-corrected chi connectivity index (χ1v) is 11.4. The Labute approximate surface area is 199 Å². The van der Waals surface area contributed by atoms with Crippen molar-refractivity contribution in [1.82, 2.24) is 0 Å². The standard InChI is InChI=1S/C28H30N2O4/c1-19(18-32-2)34-27(31)15-23-7-3-4-9-26(23)30-17-21-13-24-10-11-33-28(24)25(14-21)22-8-5-6-20(12-22)16-29/h3-14,19,30H,15-18,29H2,1-2H3. The molecule has 0 amide bonds. The van der Waals surface area contributed by atoms with Gasteiger partial charge in [0.25, 0.3) is 0 Å². The van der Waals surface area contributed by atoms with E-state index < -0.39 is 0 Å². The molecule has 1 heterocycles. The highest BCUT2D eigenvalue weighted by molar-refractivity contribution is 5.93. The molecular formula is C28H30N2O4. The summed E-state index contributed by atoms with van der Waals surface area (Å²) in [5, 5.41) is 4.53. The van der Waals surface area contributed by atoms with E-state index in [9.17, 15) is 4.79 Å². The number of methoxy groups -OCH3 is 1. The van der Waals surface area contributed by atoms with E-state index in [1.165, 1.54) is 0 Å². The van der Waals surface area contributed by atoms with Crippen LogP contribution in [-0.4, -0.2) is 25.8 Å². The Hall–Kier alpha value is -3.61. The summed E-state index contributed by atoms with van der Waals surface area (Å²) in [7, 11) is 1.59. The molecule has 0 spiro atoms. The monoisotopic (exact) mass is 458 g/mol. The van der Waals surface area contributed by atoms with E-state index in [0.29, 0.717) is 19.7 Å². The Morgan fingerprint density at radius 2 is 1.91 bits per heavy atom. The van der Waals surface area contributed by atoms with Gasteiger partial charge >= 0.3 is 5.97 Å². The fourth-order valence-electron chi connectivity index (χ4n) is 4.06. The normalized spacial score (nSPS) is 12.0. The van der Waals surface area contributed by atoms with Gasteiger partial charge in [0.1, 0.15) is 11.7 Å². The van der Waals surface area contributed by atoms with Crippen LogP contribution in [0.1, 0.15) is 23.6 Å². The number of hydrogen-bond acceptors (Lipinski definition) is 6. The highest BCUT2D eigenvalue weighted by Crippen LogP contribution is 2.32. The smallest absolute Gasteiger partial charge is 0.310 e. The zero-order valence-electron chi connectivity index (χ0n) is 19.5. The number of benzene rings is 3. The lowest BCUT2D eigenvalue weighted by Gasteiger charge is -2.15. The molecule has 1 atom stereocenters. The molecule has 3 N–H and O–H groups in total. The minimum Gasteiger partial charge on any atom is -0.464 e. The molecule has 0 aliphatic carbocycles. The minimum atomic E-state index is -0.282. The van der Waals surface area contributed by atoms with Crippen molar-refractivity contribution < 1.29 is 18.7 Å². The van der Waals surface area contributed by atoms with Crippen molar-refractivity contribution in [2.75, 3.05) is 19.0 Å². The molecule has 3 aromatic carbocycles. The number of para-hydroxylation sites is 1. The number of fused-ring (bicyclic) bond motifs is 1. The van der Waals surface area contributed by atoms with Crippen LogP contribution < -0.4 is 11.1 Å². The molecule has 1 unspecified atom stereocenters. The Bertz CT molecular complexity index is 1260. The molecule has 0 saturated carbocycles. The molecule has 0 fully saturated rings. The average Bonchev–Trinajstić information content (AvgIpc) is 3.32. The molecule has 1 aromatic heterocycles. The zero-order valence-corrected chi connectivity index (χ0v) is 19.5. The van der Waals surface area contributed by atoms with Crippen LogP contribution in [0.4, 0.5) is 5.69 Å².